The van der Waals surface area contributed by atoms with Gasteiger partial charge in [-0.1, -0.05) is 48.1 Å². The number of benzene rings is 2. The lowest BCUT2D eigenvalue weighted by Gasteiger charge is -2.14. The minimum Gasteiger partial charge on any atom is -0.326 e. The van der Waals surface area contributed by atoms with Gasteiger partial charge in [-0.15, -0.1) is 11.8 Å². The Labute approximate surface area is 199 Å². The van der Waals surface area contributed by atoms with Gasteiger partial charge in [-0.2, -0.15) is 0 Å². The third-order valence-corrected chi connectivity index (χ3v) is 7.07. The van der Waals surface area contributed by atoms with Gasteiger partial charge in [-0.05, 0) is 60.7 Å². The molecule has 4 aromatic rings. The summed E-state index contributed by atoms with van der Waals surface area (Å²) in [4.78, 5) is 30.7. The molecule has 0 aliphatic heterocycles. The summed E-state index contributed by atoms with van der Waals surface area (Å²) < 4.78 is 2.52. The van der Waals surface area contributed by atoms with Gasteiger partial charge in [0.2, 0.25) is 5.91 Å². The third-order valence-electron chi connectivity index (χ3n) is 5.05. The van der Waals surface area contributed by atoms with Crippen LogP contribution in [0.2, 0.25) is 5.15 Å². The highest BCUT2D eigenvalue weighted by molar-refractivity contribution is 7.99. The Morgan fingerprint density at radius 1 is 1.19 bits per heavy atom. The monoisotopic (exact) mass is 483 g/mol. The van der Waals surface area contributed by atoms with E-state index in [1.54, 1.807) is 22.4 Å². The Bertz CT molecular complexity index is 1320. The van der Waals surface area contributed by atoms with Crippen molar-refractivity contribution < 1.29 is 4.79 Å². The first-order valence-corrected chi connectivity index (χ1v) is 12.4. The van der Waals surface area contributed by atoms with E-state index in [1.165, 1.54) is 4.90 Å². The largest absolute Gasteiger partial charge is 0.326 e. The van der Waals surface area contributed by atoms with Crippen molar-refractivity contribution in [1.29, 1.82) is 0 Å². The number of hydrogen-bond acceptors (Lipinski definition) is 5. The lowest BCUT2D eigenvalue weighted by Crippen LogP contribution is -2.19. The molecule has 0 saturated heterocycles. The summed E-state index contributed by atoms with van der Waals surface area (Å²) >= 11 is 8.94. The summed E-state index contributed by atoms with van der Waals surface area (Å²) in [5.41, 5.74) is 3.15. The zero-order valence-corrected chi connectivity index (χ0v) is 20.1. The summed E-state index contributed by atoms with van der Waals surface area (Å²) in [6.45, 7) is 4.04. The molecule has 8 heteroatoms. The Kier molecular flexibility index (Phi) is 6.98. The van der Waals surface area contributed by atoms with Crippen molar-refractivity contribution in [3.8, 4) is 0 Å². The predicted octanol–water partition coefficient (Wildman–Crippen LogP) is 6.01. The second kappa shape index (κ2) is 9.90. The van der Waals surface area contributed by atoms with Crippen LogP contribution in [0.25, 0.3) is 10.2 Å². The zero-order valence-electron chi connectivity index (χ0n) is 17.7. The molecule has 0 bridgehead atoms. The predicted molar refractivity (Wildman–Crippen MR) is 134 cm³/mol. The van der Waals surface area contributed by atoms with Crippen LogP contribution in [0.5, 0.6) is 0 Å². The number of anilines is 1. The number of carbonyl (C=O) groups excluding carboxylic acids is 1. The van der Waals surface area contributed by atoms with Gasteiger partial charge in [0.05, 0.1) is 28.4 Å². The maximum atomic E-state index is 12.7. The number of pyridine rings is 1. The first-order chi connectivity index (χ1) is 15.4. The van der Waals surface area contributed by atoms with Gasteiger partial charge in [0.1, 0.15) is 5.15 Å². The van der Waals surface area contributed by atoms with E-state index in [0.717, 1.165) is 38.6 Å². The van der Waals surface area contributed by atoms with E-state index >= 15 is 0 Å². The quantitative estimate of drug-likeness (QED) is 0.258. The highest BCUT2D eigenvalue weighted by Gasteiger charge is 2.17. The molecular formula is C24H22ClN3O2S2. The molecule has 32 heavy (non-hydrogen) atoms. The van der Waals surface area contributed by atoms with Gasteiger partial charge in [0.25, 0.3) is 0 Å². The van der Waals surface area contributed by atoms with E-state index in [-0.39, 0.29) is 16.8 Å². The Morgan fingerprint density at radius 2 is 1.97 bits per heavy atom. The van der Waals surface area contributed by atoms with Gasteiger partial charge in [0.15, 0.2) is 0 Å². The Balaban J connectivity index is 1.51. The SMILES string of the molecule is CCSc1ccc(CC(=O)Nc2ccc3c(c2)sc(=O)n3C(C)c2cccc(Cl)n2)cc1. The lowest BCUT2D eigenvalue weighted by molar-refractivity contribution is -0.115. The Hall–Kier alpha value is -2.61. The molecule has 1 amide bonds. The molecule has 0 aliphatic rings. The van der Waals surface area contributed by atoms with Crippen LogP contribution in [-0.2, 0) is 11.2 Å². The molecule has 164 valence electrons. The van der Waals surface area contributed by atoms with Gasteiger partial charge in [0, 0.05) is 10.6 Å². The molecule has 2 heterocycles. The van der Waals surface area contributed by atoms with Gasteiger partial charge in [-0.3, -0.25) is 14.2 Å². The molecule has 2 aromatic heterocycles. The van der Waals surface area contributed by atoms with Crippen molar-refractivity contribution in [2.75, 3.05) is 11.1 Å². The minimum atomic E-state index is -0.260. The average molecular weight is 484 g/mol. The van der Waals surface area contributed by atoms with Crippen LogP contribution in [0.4, 0.5) is 5.69 Å². The van der Waals surface area contributed by atoms with Crippen LogP contribution >= 0.6 is 34.7 Å². The number of nitrogens with zero attached hydrogens (tertiary/aromatic N) is 2. The number of rotatable bonds is 7. The molecule has 0 fully saturated rings. The molecule has 0 aliphatic carbocycles. The zero-order chi connectivity index (χ0) is 22.7. The number of fused-ring (bicyclic) bond motifs is 1. The topological polar surface area (TPSA) is 64.0 Å². The lowest BCUT2D eigenvalue weighted by atomic mass is 10.1. The Morgan fingerprint density at radius 3 is 2.69 bits per heavy atom. The number of amides is 1. The van der Waals surface area contributed by atoms with Crippen LogP contribution in [0.3, 0.4) is 0 Å². The minimum absolute atomic E-state index is 0.0807. The van der Waals surface area contributed by atoms with Crippen LogP contribution < -0.4 is 10.2 Å². The van der Waals surface area contributed by atoms with Crippen LogP contribution in [-0.4, -0.2) is 21.2 Å². The first kappa shape index (κ1) is 22.6. The summed E-state index contributed by atoms with van der Waals surface area (Å²) in [6.07, 6.45) is 0.295. The average Bonchev–Trinajstić information content (AvgIpc) is 3.09. The fraction of sp³-hybridized carbons (Fsp3) is 0.208. The standard InChI is InChI=1S/C24H22ClN3O2S2/c1-3-31-18-10-7-16(8-11-18)13-23(29)26-17-9-12-20-21(14-17)32-24(30)28(20)15(2)19-5-4-6-22(25)27-19/h4-12,14-15H,3,13H2,1-2H3,(H,26,29). The first-order valence-electron chi connectivity index (χ1n) is 10.2. The maximum Gasteiger partial charge on any atom is 0.308 e. The number of aromatic nitrogens is 2. The molecule has 4 rings (SSSR count). The number of thioether (sulfide) groups is 1. The van der Waals surface area contributed by atoms with Gasteiger partial charge < -0.3 is 5.32 Å². The second-order valence-corrected chi connectivity index (χ2v) is 10.0. The number of halogens is 1. The molecule has 1 unspecified atom stereocenters. The fourth-order valence-corrected chi connectivity index (χ4v) is 5.36. The smallest absolute Gasteiger partial charge is 0.308 e. The van der Waals surface area contributed by atoms with Crippen molar-refractivity contribution >= 4 is 56.5 Å². The number of thiazole rings is 1. The summed E-state index contributed by atoms with van der Waals surface area (Å²) in [5.74, 6) is 0.924. The van der Waals surface area contributed by atoms with Crippen molar-refractivity contribution in [3.05, 3.63) is 86.7 Å². The van der Waals surface area contributed by atoms with Crippen molar-refractivity contribution in [1.82, 2.24) is 9.55 Å². The van der Waals surface area contributed by atoms with E-state index in [0.29, 0.717) is 17.3 Å². The number of nitrogens with one attached hydrogen (secondary N) is 1. The van der Waals surface area contributed by atoms with E-state index in [4.69, 9.17) is 11.6 Å². The molecule has 0 saturated carbocycles. The van der Waals surface area contributed by atoms with Crippen molar-refractivity contribution in [2.45, 2.75) is 31.2 Å². The molecule has 2 aromatic carbocycles. The number of hydrogen-bond donors (Lipinski definition) is 1. The fourth-order valence-electron chi connectivity index (χ4n) is 3.53. The van der Waals surface area contributed by atoms with E-state index in [1.807, 2.05) is 61.5 Å². The molecular weight excluding hydrogens is 462 g/mol. The molecule has 1 atom stereocenters. The summed E-state index contributed by atoms with van der Waals surface area (Å²) in [5, 5.41) is 3.34. The highest BCUT2D eigenvalue weighted by atomic mass is 35.5. The highest BCUT2D eigenvalue weighted by Crippen LogP contribution is 2.27. The molecule has 5 nitrogen and oxygen atoms in total. The molecule has 0 spiro atoms. The van der Waals surface area contributed by atoms with E-state index < -0.39 is 0 Å². The van der Waals surface area contributed by atoms with Crippen LogP contribution in [0.1, 0.15) is 31.1 Å². The maximum absolute atomic E-state index is 12.7. The second-order valence-electron chi connectivity index (χ2n) is 7.28. The summed E-state index contributed by atoms with van der Waals surface area (Å²) in [7, 11) is 0. The van der Waals surface area contributed by atoms with Crippen molar-refractivity contribution in [2.24, 2.45) is 0 Å². The third kappa shape index (κ3) is 5.06. The van der Waals surface area contributed by atoms with Crippen molar-refractivity contribution in [3.63, 3.8) is 0 Å². The molecule has 1 N–H and O–H groups in total. The van der Waals surface area contributed by atoms with Gasteiger partial charge in [-0.25, -0.2) is 4.98 Å². The normalized spacial score (nSPS) is 12.1. The van der Waals surface area contributed by atoms with Crippen LogP contribution in [0, 0.1) is 0 Å². The van der Waals surface area contributed by atoms with Gasteiger partial charge >= 0.3 is 4.87 Å². The number of carbonyl (C=O) groups is 1. The summed E-state index contributed by atoms with van der Waals surface area (Å²) in [6, 6.07) is 18.7. The molecule has 0 radical (unpaired) electrons. The van der Waals surface area contributed by atoms with Crippen LogP contribution in [0.15, 0.2) is 70.4 Å². The van der Waals surface area contributed by atoms with E-state index in [2.05, 4.69) is 17.2 Å². The van der Waals surface area contributed by atoms with E-state index in [9.17, 15) is 9.59 Å².